The fourth-order valence-electron chi connectivity index (χ4n) is 2.45. The lowest BCUT2D eigenvalue weighted by atomic mass is 9.96. The van der Waals surface area contributed by atoms with Crippen molar-refractivity contribution in [1.82, 2.24) is 30.2 Å². The Morgan fingerprint density at radius 2 is 2.15 bits per heavy atom. The van der Waals surface area contributed by atoms with Crippen LogP contribution in [0.25, 0.3) is 5.82 Å². The Morgan fingerprint density at radius 3 is 2.85 bits per heavy atom. The molecule has 0 aliphatic heterocycles. The third-order valence-electron chi connectivity index (χ3n) is 3.97. The lowest BCUT2D eigenvalue weighted by molar-refractivity contribution is -0.121. The molecule has 0 aromatic carbocycles. The average Bonchev–Trinajstić information content (AvgIpc) is 3.32. The number of rotatable bonds is 7. The zero-order valence-corrected chi connectivity index (χ0v) is 15.8. The maximum Gasteiger partial charge on any atom is 0.226 e. The van der Waals surface area contributed by atoms with E-state index in [1.807, 2.05) is 45.2 Å². The van der Waals surface area contributed by atoms with E-state index in [9.17, 15) is 4.79 Å². The highest BCUT2D eigenvalue weighted by molar-refractivity contribution is 5.75. The van der Waals surface area contributed by atoms with Gasteiger partial charge in [-0.1, -0.05) is 25.9 Å². The number of nitrogens with one attached hydrogen (secondary N) is 1. The minimum Gasteiger partial charge on any atom is -0.352 e. The molecule has 0 radical (unpaired) electrons. The van der Waals surface area contributed by atoms with Crippen molar-refractivity contribution < 1.29 is 9.32 Å². The van der Waals surface area contributed by atoms with E-state index in [2.05, 4.69) is 25.5 Å². The highest BCUT2D eigenvalue weighted by atomic mass is 16.5. The molecule has 8 nitrogen and oxygen atoms in total. The molecule has 0 spiro atoms. The zero-order valence-electron chi connectivity index (χ0n) is 15.8. The third kappa shape index (κ3) is 5.22. The number of carbonyl (C=O) groups excluding carboxylic acids is 1. The Morgan fingerprint density at radius 1 is 1.30 bits per heavy atom. The van der Waals surface area contributed by atoms with Gasteiger partial charge in [-0.3, -0.25) is 4.79 Å². The van der Waals surface area contributed by atoms with Gasteiger partial charge in [-0.15, -0.1) is 0 Å². The molecule has 0 fully saturated rings. The van der Waals surface area contributed by atoms with Crippen molar-refractivity contribution in [2.24, 2.45) is 0 Å². The molecule has 3 rings (SSSR count). The molecule has 1 N–H and O–H groups in total. The molecule has 0 bridgehead atoms. The summed E-state index contributed by atoms with van der Waals surface area (Å²) in [5, 5.41) is 11.1. The number of aromatic nitrogens is 5. The van der Waals surface area contributed by atoms with Crippen LogP contribution in [-0.4, -0.2) is 30.8 Å². The average molecular weight is 368 g/mol. The quantitative estimate of drug-likeness (QED) is 0.688. The molecule has 0 aliphatic rings. The molecule has 1 amide bonds. The number of carbonyl (C=O) groups is 1. The van der Waals surface area contributed by atoms with E-state index >= 15 is 0 Å². The second-order valence-corrected chi connectivity index (χ2v) is 7.36. The molecule has 0 saturated heterocycles. The molecular weight excluding hydrogens is 344 g/mol. The fourth-order valence-corrected chi connectivity index (χ4v) is 2.45. The fraction of sp³-hybridized carbons (Fsp3) is 0.421. The smallest absolute Gasteiger partial charge is 0.226 e. The van der Waals surface area contributed by atoms with E-state index in [1.54, 1.807) is 17.1 Å². The summed E-state index contributed by atoms with van der Waals surface area (Å²) in [4.78, 5) is 20.7. The summed E-state index contributed by atoms with van der Waals surface area (Å²) in [7, 11) is 0. The van der Waals surface area contributed by atoms with Gasteiger partial charge in [-0.05, 0) is 30.2 Å². The lowest BCUT2D eigenvalue weighted by Gasteiger charge is -2.10. The topological polar surface area (TPSA) is 98.7 Å². The molecule has 3 heterocycles. The molecule has 3 aromatic heterocycles. The summed E-state index contributed by atoms with van der Waals surface area (Å²) in [6.45, 7) is 6.55. The summed E-state index contributed by atoms with van der Waals surface area (Å²) < 4.78 is 6.92. The zero-order chi connectivity index (χ0) is 19.3. The van der Waals surface area contributed by atoms with Gasteiger partial charge in [-0.25, -0.2) is 9.67 Å². The van der Waals surface area contributed by atoms with Gasteiger partial charge in [0.25, 0.3) is 0 Å². The second-order valence-electron chi connectivity index (χ2n) is 7.36. The van der Waals surface area contributed by atoms with E-state index in [1.165, 1.54) is 0 Å². The van der Waals surface area contributed by atoms with Crippen LogP contribution in [0.1, 0.15) is 50.9 Å². The highest BCUT2D eigenvalue weighted by Crippen LogP contribution is 2.18. The van der Waals surface area contributed by atoms with Crippen molar-refractivity contribution in [3.63, 3.8) is 0 Å². The molecular formula is C19H24N6O2. The minimum absolute atomic E-state index is 0.0111. The van der Waals surface area contributed by atoms with Gasteiger partial charge in [-0.2, -0.15) is 10.1 Å². The Kier molecular flexibility index (Phi) is 5.63. The van der Waals surface area contributed by atoms with Crippen LogP contribution >= 0.6 is 0 Å². The third-order valence-corrected chi connectivity index (χ3v) is 3.97. The van der Waals surface area contributed by atoms with Crippen LogP contribution in [0.2, 0.25) is 0 Å². The molecule has 8 heteroatoms. The maximum atomic E-state index is 12.1. The van der Waals surface area contributed by atoms with Crippen LogP contribution in [0.4, 0.5) is 0 Å². The van der Waals surface area contributed by atoms with Crippen LogP contribution in [-0.2, 0) is 23.2 Å². The van der Waals surface area contributed by atoms with Crippen LogP contribution in [0.3, 0.4) is 0 Å². The van der Waals surface area contributed by atoms with Gasteiger partial charge in [0.05, 0.1) is 0 Å². The summed E-state index contributed by atoms with van der Waals surface area (Å²) in [6.07, 6.45) is 6.89. The summed E-state index contributed by atoms with van der Waals surface area (Å²) >= 11 is 0. The number of hydrogen-bond donors (Lipinski definition) is 1. The normalized spacial score (nSPS) is 11.5. The molecule has 0 saturated carbocycles. The first-order chi connectivity index (χ1) is 12.9. The molecule has 0 unspecified atom stereocenters. The maximum absolute atomic E-state index is 12.1. The molecule has 0 aliphatic carbocycles. The number of hydrogen-bond acceptors (Lipinski definition) is 6. The SMILES string of the molecule is CC(C)(C)c1noc(CCCC(=O)NCc2ccnc(-n3cccn3)c2)n1. The largest absolute Gasteiger partial charge is 0.352 e. The summed E-state index contributed by atoms with van der Waals surface area (Å²) in [6, 6.07) is 5.61. The number of aryl methyl sites for hydroxylation is 1. The van der Waals surface area contributed by atoms with Crippen molar-refractivity contribution in [3.8, 4) is 5.82 Å². The highest BCUT2D eigenvalue weighted by Gasteiger charge is 2.20. The van der Waals surface area contributed by atoms with Crippen molar-refractivity contribution >= 4 is 5.91 Å². The number of nitrogens with zero attached hydrogens (tertiary/aromatic N) is 5. The summed E-state index contributed by atoms with van der Waals surface area (Å²) in [5.41, 5.74) is 0.828. The molecule has 27 heavy (non-hydrogen) atoms. The van der Waals surface area contributed by atoms with Crippen LogP contribution in [0.5, 0.6) is 0 Å². The van der Waals surface area contributed by atoms with Gasteiger partial charge in [0.2, 0.25) is 11.8 Å². The van der Waals surface area contributed by atoms with Gasteiger partial charge >= 0.3 is 0 Å². The number of pyridine rings is 1. The van der Waals surface area contributed by atoms with Crippen molar-refractivity contribution in [2.45, 2.75) is 52.0 Å². The van der Waals surface area contributed by atoms with E-state index < -0.39 is 0 Å². The van der Waals surface area contributed by atoms with E-state index in [4.69, 9.17) is 4.52 Å². The first kappa shape index (κ1) is 18.8. The van der Waals surface area contributed by atoms with E-state index in [0.29, 0.717) is 37.5 Å². The van der Waals surface area contributed by atoms with Crippen molar-refractivity contribution in [1.29, 1.82) is 0 Å². The van der Waals surface area contributed by atoms with Gasteiger partial charge in [0.1, 0.15) is 0 Å². The molecule has 3 aromatic rings. The van der Waals surface area contributed by atoms with E-state index in [-0.39, 0.29) is 11.3 Å². The van der Waals surface area contributed by atoms with Crippen LogP contribution in [0, 0.1) is 0 Å². The minimum atomic E-state index is -0.140. The van der Waals surface area contributed by atoms with Gasteiger partial charge in [0, 0.05) is 43.4 Å². The molecule has 142 valence electrons. The Balaban J connectivity index is 1.44. The van der Waals surface area contributed by atoms with Crippen LogP contribution < -0.4 is 5.32 Å². The monoisotopic (exact) mass is 368 g/mol. The predicted molar refractivity (Wildman–Crippen MR) is 99.1 cm³/mol. The molecule has 0 atom stereocenters. The Labute approximate surface area is 158 Å². The van der Waals surface area contributed by atoms with Crippen molar-refractivity contribution in [2.75, 3.05) is 0 Å². The Bertz CT molecular complexity index is 880. The lowest BCUT2D eigenvalue weighted by Crippen LogP contribution is -2.22. The standard InChI is InChI=1S/C19H24N6O2/c1-19(2,3)18-23-17(27-24-18)7-4-6-16(26)21-13-14-8-10-20-15(12-14)25-11-5-9-22-25/h5,8-12H,4,6-7,13H2,1-3H3,(H,21,26). The number of amides is 1. The van der Waals surface area contributed by atoms with Gasteiger partial charge in [0.15, 0.2) is 11.6 Å². The van der Waals surface area contributed by atoms with E-state index in [0.717, 1.165) is 11.4 Å². The predicted octanol–water partition coefficient (Wildman–Crippen LogP) is 2.59. The van der Waals surface area contributed by atoms with Crippen molar-refractivity contribution in [3.05, 3.63) is 54.1 Å². The van der Waals surface area contributed by atoms with Crippen LogP contribution in [0.15, 0.2) is 41.3 Å². The first-order valence-corrected chi connectivity index (χ1v) is 8.96. The first-order valence-electron chi connectivity index (χ1n) is 8.96. The summed E-state index contributed by atoms with van der Waals surface area (Å²) in [5.74, 6) is 1.97. The Hall–Kier alpha value is -3.03. The van der Waals surface area contributed by atoms with Gasteiger partial charge < -0.3 is 9.84 Å². The second kappa shape index (κ2) is 8.11.